The summed E-state index contributed by atoms with van der Waals surface area (Å²) in [4.78, 5) is 0. The first-order valence-electron chi connectivity index (χ1n) is 8.60. The van der Waals surface area contributed by atoms with Gasteiger partial charge in [0.25, 0.3) is 0 Å². The first kappa shape index (κ1) is 16.4. The molecule has 0 spiro atoms. The summed E-state index contributed by atoms with van der Waals surface area (Å²) in [7, 11) is 2.06. The van der Waals surface area contributed by atoms with E-state index in [-0.39, 0.29) is 0 Å². The highest BCUT2D eigenvalue weighted by Gasteiger charge is 2.34. The van der Waals surface area contributed by atoms with E-state index in [1.54, 1.807) is 6.07 Å². The number of hydrogen-bond acceptors (Lipinski definition) is 2. The standard InChI is InChI=1S/C19H31NO/c1-3-4-6-16-9-11-19(12-10-16,15-20-2)14-17-7-5-8-18(21)13-17/h5,7-8,13,16,20-21H,3-4,6,9-12,14-15H2,1-2H3. The molecule has 0 heterocycles. The quantitative estimate of drug-likeness (QED) is 0.773. The minimum atomic E-state index is 0.380. The zero-order valence-electron chi connectivity index (χ0n) is 13.7. The van der Waals surface area contributed by atoms with Crippen molar-refractivity contribution in [2.45, 2.75) is 58.3 Å². The first-order valence-corrected chi connectivity index (χ1v) is 8.60. The van der Waals surface area contributed by atoms with Gasteiger partial charge in [-0.25, -0.2) is 0 Å². The van der Waals surface area contributed by atoms with Crippen molar-refractivity contribution in [2.75, 3.05) is 13.6 Å². The SMILES string of the molecule is CCCCC1CCC(CNC)(Cc2cccc(O)c2)CC1. The number of hydrogen-bond donors (Lipinski definition) is 2. The molecule has 0 amide bonds. The molecule has 0 aliphatic heterocycles. The predicted octanol–water partition coefficient (Wildman–Crippen LogP) is 4.52. The van der Waals surface area contributed by atoms with E-state index in [1.165, 1.54) is 50.5 Å². The summed E-state index contributed by atoms with van der Waals surface area (Å²) in [6.07, 6.45) is 10.6. The molecule has 1 aromatic rings. The molecule has 0 radical (unpaired) electrons. The molecule has 2 nitrogen and oxygen atoms in total. The molecular weight excluding hydrogens is 258 g/mol. The van der Waals surface area contributed by atoms with Crippen molar-refractivity contribution in [3.63, 3.8) is 0 Å². The fourth-order valence-corrected chi connectivity index (χ4v) is 3.96. The lowest BCUT2D eigenvalue weighted by Gasteiger charge is -2.40. The van der Waals surface area contributed by atoms with Gasteiger partial charge >= 0.3 is 0 Å². The largest absolute Gasteiger partial charge is 0.508 e. The van der Waals surface area contributed by atoms with Crippen LogP contribution in [0.3, 0.4) is 0 Å². The van der Waals surface area contributed by atoms with Crippen LogP contribution in [0.1, 0.15) is 57.4 Å². The predicted molar refractivity (Wildman–Crippen MR) is 89.7 cm³/mol. The molecule has 0 saturated heterocycles. The number of nitrogens with one attached hydrogen (secondary N) is 1. The van der Waals surface area contributed by atoms with Crippen LogP contribution >= 0.6 is 0 Å². The molecule has 2 heteroatoms. The van der Waals surface area contributed by atoms with Crippen LogP contribution in [0, 0.1) is 11.3 Å². The summed E-state index contributed by atoms with van der Waals surface area (Å²) in [5, 5.41) is 13.1. The molecule has 2 rings (SSSR count). The number of benzene rings is 1. The molecule has 118 valence electrons. The second kappa shape index (κ2) is 7.84. The van der Waals surface area contributed by atoms with E-state index in [0.29, 0.717) is 11.2 Å². The van der Waals surface area contributed by atoms with E-state index in [2.05, 4.69) is 25.4 Å². The van der Waals surface area contributed by atoms with Crippen LogP contribution in [0.25, 0.3) is 0 Å². The van der Waals surface area contributed by atoms with Gasteiger partial charge in [-0.2, -0.15) is 0 Å². The minimum absolute atomic E-state index is 0.380. The van der Waals surface area contributed by atoms with Crippen molar-refractivity contribution >= 4 is 0 Å². The Bertz CT molecular complexity index is 421. The molecule has 0 bridgehead atoms. The Morgan fingerprint density at radius 3 is 2.67 bits per heavy atom. The monoisotopic (exact) mass is 289 g/mol. The second-order valence-electron chi connectivity index (χ2n) is 6.96. The Kier molecular flexibility index (Phi) is 6.10. The minimum Gasteiger partial charge on any atom is -0.508 e. The van der Waals surface area contributed by atoms with E-state index in [9.17, 15) is 5.11 Å². The third-order valence-electron chi connectivity index (χ3n) is 5.17. The van der Waals surface area contributed by atoms with Gasteiger partial charge in [0.2, 0.25) is 0 Å². The number of rotatable bonds is 7. The topological polar surface area (TPSA) is 32.3 Å². The highest BCUT2D eigenvalue weighted by molar-refractivity contribution is 5.28. The zero-order valence-corrected chi connectivity index (χ0v) is 13.7. The second-order valence-corrected chi connectivity index (χ2v) is 6.96. The van der Waals surface area contributed by atoms with Gasteiger partial charge in [0.1, 0.15) is 5.75 Å². The van der Waals surface area contributed by atoms with Gasteiger partial charge in [-0.1, -0.05) is 38.3 Å². The number of phenols is 1. The molecular formula is C19H31NO. The lowest BCUT2D eigenvalue weighted by atomic mass is 9.66. The van der Waals surface area contributed by atoms with Crippen molar-refractivity contribution in [3.8, 4) is 5.75 Å². The van der Waals surface area contributed by atoms with Gasteiger partial charge in [0.15, 0.2) is 0 Å². The Morgan fingerprint density at radius 2 is 2.05 bits per heavy atom. The van der Waals surface area contributed by atoms with Gasteiger partial charge in [0.05, 0.1) is 0 Å². The maximum Gasteiger partial charge on any atom is 0.115 e. The normalized spacial score (nSPS) is 25.9. The Hall–Kier alpha value is -1.02. The fourth-order valence-electron chi connectivity index (χ4n) is 3.96. The van der Waals surface area contributed by atoms with Gasteiger partial charge < -0.3 is 10.4 Å². The van der Waals surface area contributed by atoms with Crippen molar-refractivity contribution in [3.05, 3.63) is 29.8 Å². The van der Waals surface area contributed by atoms with Crippen LogP contribution in [0.5, 0.6) is 5.75 Å². The first-order chi connectivity index (χ1) is 10.2. The number of unbranched alkanes of at least 4 members (excludes halogenated alkanes) is 1. The molecule has 0 unspecified atom stereocenters. The molecule has 1 saturated carbocycles. The van der Waals surface area contributed by atoms with E-state index < -0.39 is 0 Å². The summed E-state index contributed by atoms with van der Waals surface area (Å²) in [5.74, 6) is 1.34. The summed E-state index contributed by atoms with van der Waals surface area (Å²) >= 11 is 0. The molecule has 2 N–H and O–H groups in total. The van der Waals surface area contributed by atoms with Gasteiger partial charge in [0, 0.05) is 6.54 Å². The van der Waals surface area contributed by atoms with Crippen molar-refractivity contribution in [2.24, 2.45) is 11.3 Å². The summed E-state index contributed by atoms with van der Waals surface area (Å²) in [5.41, 5.74) is 1.66. The average Bonchev–Trinajstić information content (AvgIpc) is 2.47. The third-order valence-corrected chi connectivity index (χ3v) is 5.17. The van der Waals surface area contributed by atoms with Gasteiger partial charge in [-0.3, -0.25) is 0 Å². The van der Waals surface area contributed by atoms with Gasteiger partial charge in [-0.05, 0) is 68.2 Å². The van der Waals surface area contributed by atoms with E-state index in [0.717, 1.165) is 18.9 Å². The van der Waals surface area contributed by atoms with Crippen molar-refractivity contribution in [1.82, 2.24) is 5.32 Å². The highest BCUT2D eigenvalue weighted by atomic mass is 16.3. The van der Waals surface area contributed by atoms with Crippen LogP contribution in [0.4, 0.5) is 0 Å². The zero-order chi connectivity index (χ0) is 15.1. The van der Waals surface area contributed by atoms with Gasteiger partial charge in [-0.15, -0.1) is 0 Å². The Balaban J connectivity index is 1.98. The third kappa shape index (κ3) is 4.74. The number of aromatic hydroxyl groups is 1. The lowest BCUT2D eigenvalue weighted by molar-refractivity contribution is 0.141. The summed E-state index contributed by atoms with van der Waals surface area (Å²) < 4.78 is 0. The molecule has 0 atom stereocenters. The van der Waals surface area contributed by atoms with Crippen LogP contribution in [0.2, 0.25) is 0 Å². The molecule has 1 aliphatic rings. The van der Waals surface area contributed by atoms with Crippen LogP contribution < -0.4 is 5.32 Å². The summed E-state index contributed by atoms with van der Waals surface area (Å²) in [6.45, 7) is 3.37. The maximum atomic E-state index is 9.68. The van der Waals surface area contributed by atoms with E-state index >= 15 is 0 Å². The molecule has 0 aromatic heterocycles. The average molecular weight is 289 g/mol. The molecule has 1 aromatic carbocycles. The summed E-state index contributed by atoms with van der Waals surface area (Å²) in [6, 6.07) is 7.81. The molecule has 1 fully saturated rings. The fraction of sp³-hybridized carbons (Fsp3) is 0.684. The Morgan fingerprint density at radius 1 is 1.29 bits per heavy atom. The van der Waals surface area contributed by atoms with Crippen molar-refractivity contribution in [1.29, 1.82) is 0 Å². The number of phenolic OH excluding ortho intramolecular Hbond substituents is 1. The van der Waals surface area contributed by atoms with E-state index in [1.807, 2.05) is 12.1 Å². The van der Waals surface area contributed by atoms with Crippen molar-refractivity contribution < 1.29 is 5.11 Å². The highest BCUT2D eigenvalue weighted by Crippen LogP contribution is 2.42. The van der Waals surface area contributed by atoms with E-state index in [4.69, 9.17) is 0 Å². The van der Waals surface area contributed by atoms with Crippen LogP contribution in [-0.2, 0) is 6.42 Å². The smallest absolute Gasteiger partial charge is 0.115 e. The molecule has 1 aliphatic carbocycles. The van der Waals surface area contributed by atoms with Crippen LogP contribution in [-0.4, -0.2) is 18.7 Å². The molecule has 21 heavy (non-hydrogen) atoms. The Labute approximate surface area is 130 Å². The maximum absolute atomic E-state index is 9.68. The van der Waals surface area contributed by atoms with Crippen LogP contribution in [0.15, 0.2) is 24.3 Å². The lowest BCUT2D eigenvalue weighted by Crippen LogP contribution is -2.38.